The van der Waals surface area contributed by atoms with E-state index in [-0.39, 0.29) is 0 Å². The second kappa shape index (κ2) is 6.03. The molecule has 1 atom stereocenters. The number of hydrogen-bond donors (Lipinski definition) is 1. The Kier molecular flexibility index (Phi) is 4.39. The Hall–Kier alpha value is -1.32. The fourth-order valence-corrected chi connectivity index (χ4v) is 2.04. The topological polar surface area (TPSA) is 29.5 Å². The lowest BCUT2D eigenvalue weighted by atomic mass is 10.1. The monoisotopic (exact) mass is 306 g/mol. The number of hydrogen-bond acceptors (Lipinski definition) is 2. The molecule has 0 aliphatic carbocycles. The number of aliphatic hydroxyl groups is 1. The van der Waals surface area contributed by atoms with Gasteiger partial charge in [-0.2, -0.15) is 0 Å². The van der Waals surface area contributed by atoms with Gasteiger partial charge in [0.1, 0.15) is 11.5 Å². The first-order chi connectivity index (χ1) is 8.69. The van der Waals surface area contributed by atoms with Crippen LogP contribution in [-0.4, -0.2) is 5.11 Å². The van der Waals surface area contributed by atoms with Gasteiger partial charge in [-0.25, -0.2) is 0 Å². The van der Waals surface area contributed by atoms with Gasteiger partial charge in [0.2, 0.25) is 0 Å². The summed E-state index contributed by atoms with van der Waals surface area (Å²) in [5, 5.41) is 9.70. The summed E-state index contributed by atoms with van der Waals surface area (Å²) in [4.78, 5) is 0. The molecule has 94 valence electrons. The van der Waals surface area contributed by atoms with E-state index in [0.29, 0.717) is 6.42 Å². The zero-order valence-corrected chi connectivity index (χ0v) is 11.7. The van der Waals surface area contributed by atoms with Crippen molar-refractivity contribution in [1.82, 2.24) is 0 Å². The molecule has 0 radical (unpaired) electrons. The van der Waals surface area contributed by atoms with E-state index in [1.165, 1.54) is 0 Å². The van der Waals surface area contributed by atoms with Crippen LogP contribution >= 0.6 is 15.9 Å². The quantitative estimate of drug-likeness (QED) is 0.888. The molecule has 2 rings (SSSR count). The molecule has 1 unspecified atom stereocenters. The molecule has 2 aromatic rings. The molecule has 3 heteroatoms. The molecule has 0 aromatic heterocycles. The zero-order chi connectivity index (χ0) is 13.0. The molecule has 1 N–H and O–H groups in total. The lowest BCUT2D eigenvalue weighted by Gasteiger charge is -2.10. The third kappa shape index (κ3) is 3.34. The van der Waals surface area contributed by atoms with E-state index in [9.17, 15) is 5.11 Å². The highest BCUT2D eigenvalue weighted by Gasteiger charge is 2.04. The van der Waals surface area contributed by atoms with Gasteiger partial charge in [-0.3, -0.25) is 0 Å². The highest BCUT2D eigenvalue weighted by molar-refractivity contribution is 9.10. The molecule has 0 bridgehead atoms. The van der Waals surface area contributed by atoms with E-state index >= 15 is 0 Å². The van der Waals surface area contributed by atoms with Crippen LogP contribution in [0.3, 0.4) is 0 Å². The van der Waals surface area contributed by atoms with Crippen molar-refractivity contribution in [2.24, 2.45) is 0 Å². The minimum absolute atomic E-state index is 0.398. The van der Waals surface area contributed by atoms with E-state index in [1.54, 1.807) is 0 Å². The first kappa shape index (κ1) is 13.1. The number of rotatable bonds is 4. The fourth-order valence-electron chi connectivity index (χ4n) is 1.66. The average Bonchev–Trinajstić information content (AvgIpc) is 2.39. The molecule has 0 aliphatic rings. The summed E-state index contributed by atoms with van der Waals surface area (Å²) in [6.07, 6.45) is 0.316. The SMILES string of the molecule is CCC(O)c1ccc(Oc2cccc(Br)c2)cc1. The Balaban J connectivity index is 2.11. The predicted molar refractivity (Wildman–Crippen MR) is 75.9 cm³/mol. The maximum Gasteiger partial charge on any atom is 0.128 e. The van der Waals surface area contributed by atoms with E-state index in [2.05, 4.69) is 15.9 Å². The van der Waals surface area contributed by atoms with Crippen molar-refractivity contribution < 1.29 is 9.84 Å². The van der Waals surface area contributed by atoms with Gasteiger partial charge in [-0.05, 0) is 42.3 Å². The van der Waals surface area contributed by atoms with E-state index < -0.39 is 6.10 Å². The van der Waals surface area contributed by atoms with Crippen molar-refractivity contribution in [3.05, 3.63) is 58.6 Å². The van der Waals surface area contributed by atoms with Crippen LogP contribution in [0.5, 0.6) is 11.5 Å². The van der Waals surface area contributed by atoms with Crippen molar-refractivity contribution in [3.63, 3.8) is 0 Å². The van der Waals surface area contributed by atoms with Gasteiger partial charge in [-0.15, -0.1) is 0 Å². The molecular formula is C15H15BrO2. The van der Waals surface area contributed by atoms with Crippen molar-refractivity contribution in [3.8, 4) is 11.5 Å². The summed E-state index contributed by atoms with van der Waals surface area (Å²) < 4.78 is 6.70. The fraction of sp³-hybridized carbons (Fsp3) is 0.200. The Morgan fingerprint density at radius 2 is 1.83 bits per heavy atom. The van der Waals surface area contributed by atoms with Crippen LogP contribution in [0.4, 0.5) is 0 Å². The largest absolute Gasteiger partial charge is 0.457 e. The van der Waals surface area contributed by atoms with E-state index in [4.69, 9.17) is 4.74 Å². The molecular weight excluding hydrogens is 292 g/mol. The number of halogens is 1. The Labute approximate surface area is 115 Å². The van der Waals surface area contributed by atoms with Crippen molar-refractivity contribution in [2.75, 3.05) is 0 Å². The van der Waals surface area contributed by atoms with Gasteiger partial charge in [0.15, 0.2) is 0 Å². The van der Waals surface area contributed by atoms with Gasteiger partial charge in [0.25, 0.3) is 0 Å². The number of benzene rings is 2. The Bertz CT molecular complexity index is 508. The normalized spacial score (nSPS) is 12.2. The van der Waals surface area contributed by atoms with Crippen LogP contribution in [0.25, 0.3) is 0 Å². The molecule has 0 fully saturated rings. The lowest BCUT2D eigenvalue weighted by molar-refractivity contribution is 0.173. The first-order valence-electron chi connectivity index (χ1n) is 5.90. The summed E-state index contributed by atoms with van der Waals surface area (Å²) in [6, 6.07) is 15.2. The van der Waals surface area contributed by atoms with Crippen LogP contribution < -0.4 is 4.74 Å². The molecule has 0 amide bonds. The molecule has 0 spiro atoms. The lowest BCUT2D eigenvalue weighted by Crippen LogP contribution is -1.94. The van der Waals surface area contributed by atoms with Crippen LogP contribution in [0.15, 0.2) is 53.0 Å². The Morgan fingerprint density at radius 1 is 1.11 bits per heavy atom. The number of ether oxygens (including phenoxy) is 1. The summed E-state index contributed by atoms with van der Waals surface area (Å²) in [5.41, 5.74) is 0.916. The maximum atomic E-state index is 9.70. The van der Waals surface area contributed by atoms with Crippen LogP contribution in [0, 0.1) is 0 Å². The summed E-state index contributed by atoms with van der Waals surface area (Å²) in [6.45, 7) is 1.95. The molecule has 18 heavy (non-hydrogen) atoms. The standard InChI is InChI=1S/C15H15BrO2/c1-2-15(17)11-6-8-13(9-7-11)18-14-5-3-4-12(16)10-14/h3-10,15,17H,2H2,1H3. The summed E-state index contributed by atoms with van der Waals surface area (Å²) >= 11 is 3.40. The van der Waals surface area contributed by atoms with E-state index in [1.807, 2.05) is 55.5 Å². The molecule has 0 heterocycles. The Morgan fingerprint density at radius 3 is 2.44 bits per heavy atom. The van der Waals surface area contributed by atoms with Gasteiger partial charge >= 0.3 is 0 Å². The van der Waals surface area contributed by atoms with Gasteiger partial charge in [0.05, 0.1) is 6.10 Å². The third-order valence-electron chi connectivity index (χ3n) is 2.68. The second-order valence-electron chi connectivity index (χ2n) is 4.05. The third-order valence-corrected chi connectivity index (χ3v) is 3.18. The maximum absolute atomic E-state index is 9.70. The highest BCUT2D eigenvalue weighted by Crippen LogP contribution is 2.26. The molecule has 0 saturated carbocycles. The predicted octanol–water partition coefficient (Wildman–Crippen LogP) is 4.68. The second-order valence-corrected chi connectivity index (χ2v) is 4.97. The van der Waals surface area contributed by atoms with Crippen molar-refractivity contribution >= 4 is 15.9 Å². The minimum atomic E-state index is -0.398. The van der Waals surface area contributed by atoms with E-state index in [0.717, 1.165) is 21.5 Å². The first-order valence-corrected chi connectivity index (χ1v) is 6.70. The molecule has 2 nitrogen and oxygen atoms in total. The molecule has 0 saturated heterocycles. The highest BCUT2D eigenvalue weighted by atomic mass is 79.9. The van der Waals surface area contributed by atoms with Crippen LogP contribution in [-0.2, 0) is 0 Å². The van der Waals surface area contributed by atoms with Gasteiger partial charge < -0.3 is 9.84 Å². The van der Waals surface area contributed by atoms with Crippen LogP contribution in [0.2, 0.25) is 0 Å². The molecule has 0 aliphatic heterocycles. The summed E-state index contributed by atoms with van der Waals surface area (Å²) in [5.74, 6) is 1.55. The number of aliphatic hydroxyl groups excluding tert-OH is 1. The molecule has 2 aromatic carbocycles. The van der Waals surface area contributed by atoms with Crippen molar-refractivity contribution in [1.29, 1.82) is 0 Å². The van der Waals surface area contributed by atoms with Gasteiger partial charge in [0, 0.05) is 4.47 Å². The van der Waals surface area contributed by atoms with Crippen molar-refractivity contribution in [2.45, 2.75) is 19.4 Å². The zero-order valence-electron chi connectivity index (χ0n) is 10.1. The van der Waals surface area contributed by atoms with Gasteiger partial charge in [-0.1, -0.05) is 41.1 Å². The minimum Gasteiger partial charge on any atom is -0.457 e. The van der Waals surface area contributed by atoms with Crippen LogP contribution in [0.1, 0.15) is 25.0 Å². The summed E-state index contributed by atoms with van der Waals surface area (Å²) in [7, 11) is 0. The smallest absolute Gasteiger partial charge is 0.128 e. The average molecular weight is 307 g/mol.